The van der Waals surface area contributed by atoms with Crippen LogP contribution < -0.4 is 10.1 Å². The minimum Gasteiger partial charge on any atom is -0.496 e. The van der Waals surface area contributed by atoms with Crippen LogP contribution in [0.1, 0.15) is 35.7 Å². The molecule has 1 N–H and O–H groups in total. The van der Waals surface area contributed by atoms with Gasteiger partial charge in [-0.05, 0) is 37.1 Å². The summed E-state index contributed by atoms with van der Waals surface area (Å²) in [4.78, 5) is 36.5. The Labute approximate surface area is 178 Å². The molecule has 2 rings (SSSR count). The van der Waals surface area contributed by atoms with E-state index in [2.05, 4.69) is 21.2 Å². The van der Waals surface area contributed by atoms with Crippen molar-refractivity contribution in [3.8, 4) is 5.75 Å². The topological polar surface area (TPSA) is 81.7 Å². The number of rotatable bonds is 10. The number of amides is 1. The zero-order valence-electron chi connectivity index (χ0n) is 16.4. The lowest BCUT2D eigenvalue weighted by atomic mass is 10.1. The van der Waals surface area contributed by atoms with Crippen molar-refractivity contribution in [3.63, 3.8) is 0 Å². The van der Waals surface area contributed by atoms with Crippen LogP contribution in [0.4, 0.5) is 0 Å². The minimum absolute atomic E-state index is 0.0337. The van der Waals surface area contributed by atoms with Gasteiger partial charge in [0.25, 0.3) is 5.91 Å². The molecule has 1 amide bonds. The second-order valence-corrected chi connectivity index (χ2v) is 7.34. The predicted octanol–water partition coefficient (Wildman–Crippen LogP) is 3.71. The highest BCUT2D eigenvalue weighted by Gasteiger charge is 2.19. The number of methoxy groups -OCH3 is 1. The van der Waals surface area contributed by atoms with E-state index in [1.54, 1.807) is 18.2 Å². The van der Waals surface area contributed by atoms with Crippen LogP contribution in [0.15, 0.2) is 53.0 Å². The number of nitrogens with one attached hydrogen (secondary N) is 1. The summed E-state index contributed by atoms with van der Waals surface area (Å²) < 4.78 is 11.1. The van der Waals surface area contributed by atoms with Crippen LogP contribution in [0.3, 0.4) is 0 Å². The van der Waals surface area contributed by atoms with E-state index in [9.17, 15) is 14.4 Å². The summed E-state index contributed by atoms with van der Waals surface area (Å²) in [6.45, 7) is 1.96. The third-order valence-electron chi connectivity index (χ3n) is 4.25. The molecule has 0 saturated heterocycles. The van der Waals surface area contributed by atoms with Crippen molar-refractivity contribution in [1.82, 2.24) is 5.32 Å². The maximum Gasteiger partial charge on any atom is 0.307 e. The smallest absolute Gasteiger partial charge is 0.307 e. The SMILES string of the molecule is COc1ccc(Br)cc1C(=O)CCC(=O)OC(C)C(=O)NCCc1ccccc1. The number of carbonyl (C=O) groups is 3. The maximum absolute atomic E-state index is 12.4. The maximum atomic E-state index is 12.4. The first-order chi connectivity index (χ1) is 13.9. The number of halogens is 1. The molecule has 0 aliphatic rings. The van der Waals surface area contributed by atoms with Crippen molar-refractivity contribution in [3.05, 3.63) is 64.1 Å². The number of carbonyl (C=O) groups excluding carboxylic acids is 3. The van der Waals surface area contributed by atoms with Gasteiger partial charge in [-0.25, -0.2) is 0 Å². The summed E-state index contributed by atoms with van der Waals surface area (Å²) in [5.41, 5.74) is 1.50. The molecule has 0 heterocycles. The van der Waals surface area contributed by atoms with E-state index >= 15 is 0 Å². The van der Waals surface area contributed by atoms with Gasteiger partial charge in [-0.1, -0.05) is 46.3 Å². The highest BCUT2D eigenvalue weighted by Crippen LogP contribution is 2.24. The van der Waals surface area contributed by atoms with Gasteiger partial charge in [-0.3, -0.25) is 14.4 Å². The Morgan fingerprint density at radius 3 is 2.48 bits per heavy atom. The molecular weight excluding hydrogens is 438 g/mol. The number of ether oxygens (including phenoxy) is 2. The Balaban J connectivity index is 1.75. The molecule has 0 aliphatic carbocycles. The second-order valence-electron chi connectivity index (χ2n) is 6.43. The molecule has 6 nitrogen and oxygen atoms in total. The number of hydrogen-bond donors (Lipinski definition) is 1. The average molecular weight is 462 g/mol. The summed E-state index contributed by atoms with van der Waals surface area (Å²) in [6, 6.07) is 14.9. The molecule has 2 aromatic rings. The highest BCUT2D eigenvalue weighted by atomic mass is 79.9. The highest BCUT2D eigenvalue weighted by molar-refractivity contribution is 9.10. The zero-order valence-corrected chi connectivity index (χ0v) is 18.0. The molecule has 0 spiro atoms. The van der Waals surface area contributed by atoms with E-state index in [0.717, 1.165) is 10.0 Å². The molecule has 154 valence electrons. The van der Waals surface area contributed by atoms with Crippen LogP contribution >= 0.6 is 15.9 Å². The Morgan fingerprint density at radius 2 is 1.79 bits per heavy atom. The Kier molecular flexibility index (Phi) is 8.86. The summed E-state index contributed by atoms with van der Waals surface area (Å²) in [5.74, 6) is -0.759. The molecule has 7 heteroatoms. The lowest BCUT2D eigenvalue weighted by Gasteiger charge is -2.13. The van der Waals surface area contributed by atoms with Gasteiger partial charge in [0.1, 0.15) is 5.75 Å². The number of hydrogen-bond acceptors (Lipinski definition) is 5. The summed E-state index contributed by atoms with van der Waals surface area (Å²) >= 11 is 3.31. The zero-order chi connectivity index (χ0) is 21.2. The van der Waals surface area contributed by atoms with Gasteiger partial charge in [-0.15, -0.1) is 0 Å². The van der Waals surface area contributed by atoms with Crippen LogP contribution in [0.25, 0.3) is 0 Å². The first-order valence-corrected chi connectivity index (χ1v) is 10.1. The Hall–Kier alpha value is -2.67. The van der Waals surface area contributed by atoms with Gasteiger partial charge < -0.3 is 14.8 Å². The van der Waals surface area contributed by atoms with Crippen molar-refractivity contribution in [2.45, 2.75) is 32.3 Å². The van der Waals surface area contributed by atoms with Crippen LogP contribution in [-0.4, -0.2) is 37.4 Å². The largest absolute Gasteiger partial charge is 0.496 e. The molecule has 2 aromatic carbocycles. The fourth-order valence-electron chi connectivity index (χ4n) is 2.68. The molecule has 1 atom stereocenters. The predicted molar refractivity (Wildman–Crippen MR) is 113 cm³/mol. The number of Topliss-reactive ketones (excluding diaryl/α,β-unsaturated/α-hetero) is 1. The molecule has 0 radical (unpaired) electrons. The van der Waals surface area contributed by atoms with Crippen molar-refractivity contribution in [2.75, 3.05) is 13.7 Å². The van der Waals surface area contributed by atoms with Gasteiger partial charge in [-0.2, -0.15) is 0 Å². The Morgan fingerprint density at radius 1 is 1.07 bits per heavy atom. The minimum atomic E-state index is -0.922. The van der Waals surface area contributed by atoms with Crippen molar-refractivity contribution in [1.29, 1.82) is 0 Å². The number of esters is 1. The summed E-state index contributed by atoms with van der Waals surface area (Å²) in [7, 11) is 1.48. The summed E-state index contributed by atoms with van der Waals surface area (Å²) in [6.07, 6.45) is -0.380. The van der Waals surface area contributed by atoms with Crippen LogP contribution in [0, 0.1) is 0 Å². The molecule has 0 saturated carbocycles. The molecular formula is C22H24BrNO5. The fourth-order valence-corrected chi connectivity index (χ4v) is 3.04. The molecule has 0 fully saturated rings. The third kappa shape index (κ3) is 7.34. The van der Waals surface area contributed by atoms with Crippen molar-refractivity contribution >= 4 is 33.6 Å². The quantitative estimate of drug-likeness (QED) is 0.430. The van der Waals surface area contributed by atoms with Crippen molar-refractivity contribution in [2.24, 2.45) is 0 Å². The van der Waals surface area contributed by atoms with Crippen LogP contribution in [0.5, 0.6) is 5.75 Å². The lowest BCUT2D eigenvalue weighted by molar-refractivity contribution is -0.154. The van der Waals surface area contributed by atoms with E-state index in [1.807, 2.05) is 30.3 Å². The number of ketones is 1. The first kappa shape index (κ1) is 22.6. The van der Waals surface area contributed by atoms with Crippen molar-refractivity contribution < 1.29 is 23.9 Å². The van der Waals surface area contributed by atoms with Crippen LogP contribution in [0.2, 0.25) is 0 Å². The molecule has 1 unspecified atom stereocenters. The van der Waals surface area contributed by atoms with E-state index in [4.69, 9.17) is 9.47 Å². The molecule has 0 aromatic heterocycles. The fraction of sp³-hybridized carbons (Fsp3) is 0.318. The molecule has 0 aliphatic heterocycles. The monoisotopic (exact) mass is 461 g/mol. The van der Waals surface area contributed by atoms with E-state index in [-0.39, 0.29) is 24.5 Å². The molecule has 29 heavy (non-hydrogen) atoms. The second kappa shape index (κ2) is 11.4. The molecule has 0 bridgehead atoms. The van der Waals surface area contributed by atoms with E-state index in [1.165, 1.54) is 14.0 Å². The van der Waals surface area contributed by atoms with Crippen LogP contribution in [-0.2, 0) is 20.7 Å². The first-order valence-electron chi connectivity index (χ1n) is 9.28. The van der Waals surface area contributed by atoms with Gasteiger partial charge in [0.15, 0.2) is 11.9 Å². The average Bonchev–Trinajstić information content (AvgIpc) is 2.72. The van der Waals surface area contributed by atoms with Gasteiger partial charge in [0, 0.05) is 17.4 Å². The normalized spacial score (nSPS) is 11.4. The van der Waals surface area contributed by atoms with Gasteiger partial charge >= 0.3 is 5.97 Å². The lowest BCUT2D eigenvalue weighted by Crippen LogP contribution is -2.36. The number of benzene rings is 2. The van der Waals surface area contributed by atoms with E-state index < -0.39 is 12.1 Å². The third-order valence-corrected chi connectivity index (χ3v) is 4.74. The standard InChI is InChI=1S/C22H24BrNO5/c1-15(22(27)24-13-12-16-6-4-3-5-7-16)29-21(26)11-9-19(25)18-14-17(23)8-10-20(18)28-2/h3-8,10,14-15H,9,11-13H2,1-2H3,(H,24,27). The van der Waals surface area contributed by atoms with Gasteiger partial charge in [0.2, 0.25) is 0 Å². The van der Waals surface area contributed by atoms with E-state index in [0.29, 0.717) is 24.3 Å². The van der Waals surface area contributed by atoms with Gasteiger partial charge in [0.05, 0.1) is 19.1 Å². The Bertz CT molecular complexity index is 854. The summed E-state index contributed by atoms with van der Waals surface area (Å²) in [5, 5.41) is 2.74.